The van der Waals surface area contributed by atoms with Crippen LogP contribution in [0.3, 0.4) is 0 Å². The van der Waals surface area contributed by atoms with E-state index >= 15 is 0 Å². The van der Waals surface area contributed by atoms with Crippen LogP contribution in [0.5, 0.6) is 0 Å². The Balaban J connectivity index is 0.966. The van der Waals surface area contributed by atoms with Gasteiger partial charge in [0.05, 0.1) is 27.6 Å². The minimum Gasteiger partial charge on any atom is -0.313 e. The number of rotatable bonds is 5. The summed E-state index contributed by atoms with van der Waals surface area (Å²) in [6.07, 6.45) is 5.70. The van der Waals surface area contributed by atoms with Crippen molar-refractivity contribution >= 4 is 60.6 Å². The lowest BCUT2D eigenvalue weighted by Crippen LogP contribution is -2.06. The Bertz CT molecular complexity index is 3360. The van der Waals surface area contributed by atoms with E-state index in [1.807, 2.05) is 0 Å². The molecule has 58 heavy (non-hydrogen) atoms. The minimum atomic E-state index is 0.458. The lowest BCUT2D eigenvalue weighted by Gasteiger charge is -2.19. The third kappa shape index (κ3) is 4.93. The topological polar surface area (TPSA) is 14.8 Å². The number of hydrogen-bond acceptors (Lipinski definition) is 0. The Labute approximate surface area is 337 Å². The summed E-state index contributed by atoms with van der Waals surface area (Å²) >= 11 is 0. The monoisotopic (exact) mass is 741 g/mol. The average Bonchev–Trinajstić information content (AvgIpc) is 3.93. The molecule has 1 aliphatic rings. The zero-order valence-corrected chi connectivity index (χ0v) is 32.2. The Morgan fingerprint density at radius 3 is 1.33 bits per heavy atom. The molecule has 3 heterocycles. The number of fused-ring (bicyclic) bond motifs is 9. The molecule has 0 saturated heterocycles. The maximum atomic E-state index is 2.48. The van der Waals surface area contributed by atoms with Crippen molar-refractivity contribution in [2.45, 2.75) is 19.3 Å². The molecule has 0 amide bonds. The second-order valence-corrected chi connectivity index (χ2v) is 15.8. The number of benzene rings is 8. The Kier molecular flexibility index (Phi) is 7.27. The van der Waals surface area contributed by atoms with Gasteiger partial charge in [-0.3, -0.25) is 0 Å². The third-order valence-corrected chi connectivity index (χ3v) is 12.5. The van der Waals surface area contributed by atoms with E-state index in [9.17, 15) is 0 Å². The molecule has 0 saturated carbocycles. The van der Waals surface area contributed by atoms with Crippen LogP contribution in [0.15, 0.2) is 194 Å². The van der Waals surface area contributed by atoms with Crippen LogP contribution in [-0.2, 0) is 0 Å². The van der Waals surface area contributed by atoms with Crippen LogP contribution < -0.4 is 0 Å². The molecule has 0 fully saturated rings. The van der Waals surface area contributed by atoms with Gasteiger partial charge in [0.15, 0.2) is 0 Å². The molecule has 3 aromatic heterocycles. The summed E-state index contributed by atoms with van der Waals surface area (Å²) < 4.78 is 7.27. The van der Waals surface area contributed by atoms with Crippen LogP contribution in [0.25, 0.3) is 99.9 Å². The van der Waals surface area contributed by atoms with Crippen molar-refractivity contribution in [1.29, 1.82) is 0 Å². The van der Waals surface area contributed by atoms with Crippen molar-refractivity contribution in [3.63, 3.8) is 0 Å². The number of allylic oxidation sites excluding steroid dienone is 1. The maximum absolute atomic E-state index is 2.48. The van der Waals surface area contributed by atoms with Crippen LogP contribution in [0.1, 0.15) is 30.5 Å². The van der Waals surface area contributed by atoms with Crippen LogP contribution in [0, 0.1) is 0 Å². The van der Waals surface area contributed by atoms with Crippen molar-refractivity contribution in [2.24, 2.45) is 0 Å². The van der Waals surface area contributed by atoms with Crippen molar-refractivity contribution in [2.75, 3.05) is 0 Å². The van der Waals surface area contributed by atoms with Crippen LogP contribution in [0.4, 0.5) is 0 Å². The second-order valence-electron chi connectivity index (χ2n) is 15.8. The molecule has 0 spiro atoms. The van der Waals surface area contributed by atoms with Crippen LogP contribution in [-0.4, -0.2) is 13.7 Å². The van der Waals surface area contributed by atoms with Gasteiger partial charge in [-0.25, -0.2) is 0 Å². The van der Waals surface area contributed by atoms with Gasteiger partial charge >= 0.3 is 0 Å². The van der Waals surface area contributed by atoms with E-state index in [-0.39, 0.29) is 0 Å². The van der Waals surface area contributed by atoms with Crippen molar-refractivity contribution < 1.29 is 0 Å². The number of aromatic nitrogens is 3. The van der Waals surface area contributed by atoms with Gasteiger partial charge in [0.1, 0.15) is 0 Å². The standard InChI is InChI=1S/C55H39N3/c1-36-12-11-18-47-46-17-7-10-21-52(46)58(55(36)47)43-30-24-38(25-31-43)40-27-33-54-49(35-40)48-34-39(26-32-53(48)56(54)41-13-3-2-4-14-41)37-22-28-42(29-23-37)57-50-19-8-5-15-44(50)45-16-6-9-20-51(45)57/h2-11,13-36H,12H2,1H3. The summed E-state index contributed by atoms with van der Waals surface area (Å²) in [4.78, 5) is 0. The number of para-hydroxylation sites is 4. The highest BCUT2D eigenvalue weighted by Crippen LogP contribution is 2.41. The highest BCUT2D eigenvalue weighted by atomic mass is 15.0. The van der Waals surface area contributed by atoms with Gasteiger partial charge in [0, 0.05) is 61.2 Å². The molecule has 0 bridgehead atoms. The molecule has 3 nitrogen and oxygen atoms in total. The second kappa shape index (κ2) is 12.8. The molecule has 0 aliphatic heterocycles. The molecule has 8 aromatic carbocycles. The van der Waals surface area contributed by atoms with Crippen molar-refractivity contribution in [3.05, 3.63) is 205 Å². The molecule has 0 N–H and O–H groups in total. The fourth-order valence-corrected chi connectivity index (χ4v) is 9.77. The smallest absolute Gasteiger partial charge is 0.0541 e. The van der Waals surface area contributed by atoms with Gasteiger partial charge in [-0.1, -0.05) is 128 Å². The maximum Gasteiger partial charge on any atom is 0.0541 e. The molecule has 1 unspecified atom stereocenters. The van der Waals surface area contributed by atoms with Gasteiger partial charge < -0.3 is 13.7 Å². The molecular formula is C55H39N3. The summed E-state index contributed by atoms with van der Waals surface area (Å²) in [5, 5.41) is 6.36. The molecule has 274 valence electrons. The first-order chi connectivity index (χ1) is 28.7. The third-order valence-electron chi connectivity index (χ3n) is 12.5. The van der Waals surface area contributed by atoms with E-state index in [1.165, 1.54) is 93.7 Å². The lowest BCUT2D eigenvalue weighted by molar-refractivity contribution is 0.723. The average molecular weight is 742 g/mol. The highest BCUT2D eigenvalue weighted by Gasteiger charge is 2.23. The van der Waals surface area contributed by atoms with Crippen molar-refractivity contribution in [1.82, 2.24) is 13.7 Å². The summed E-state index contributed by atoms with van der Waals surface area (Å²) in [5.41, 5.74) is 17.2. The van der Waals surface area contributed by atoms with Gasteiger partial charge in [-0.05, 0) is 108 Å². The predicted octanol–water partition coefficient (Wildman–Crippen LogP) is 14.7. The van der Waals surface area contributed by atoms with Crippen LogP contribution >= 0.6 is 0 Å². The minimum absolute atomic E-state index is 0.458. The van der Waals surface area contributed by atoms with E-state index in [2.05, 4.69) is 221 Å². The quantitative estimate of drug-likeness (QED) is 0.167. The molecule has 1 aliphatic carbocycles. The Morgan fingerprint density at radius 2 is 0.776 bits per heavy atom. The first kappa shape index (κ1) is 32.8. The molecule has 1 atom stereocenters. The normalized spacial score (nSPS) is 14.0. The molecule has 11 aromatic rings. The van der Waals surface area contributed by atoms with Crippen molar-refractivity contribution in [3.8, 4) is 39.3 Å². The summed E-state index contributed by atoms with van der Waals surface area (Å²) in [7, 11) is 0. The number of nitrogens with zero attached hydrogens (tertiary/aromatic N) is 3. The summed E-state index contributed by atoms with van der Waals surface area (Å²) in [6, 6.07) is 69.1. The van der Waals surface area contributed by atoms with Gasteiger partial charge in [-0.2, -0.15) is 0 Å². The summed E-state index contributed by atoms with van der Waals surface area (Å²) in [5.74, 6) is 0.458. The zero-order chi connectivity index (χ0) is 38.3. The van der Waals surface area contributed by atoms with E-state index in [4.69, 9.17) is 0 Å². The first-order valence-corrected chi connectivity index (χ1v) is 20.3. The van der Waals surface area contributed by atoms with Gasteiger partial charge in [0.2, 0.25) is 0 Å². The Hall–Kier alpha value is -7.36. The highest BCUT2D eigenvalue weighted by molar-refractivity contribution is 6.12. The molecule has 3 heteroatoms. The fraction of sp³-hybridized carbons (Fsp3) is 0.0545. The van der Waals surface area contributed by atoms with Crippen LogP contribution in [0.2, 0.25) is 0 Å². The Morgan fingerprint density at radius 1 is 0.362 bits per heavy atom. The largest absolute Gasteiger partial charge is 0.313 e. The molecule has 12 rings (SSSR count). The SMILES string of the molecule is CC1CC=Cc2c1n(-c1ccc(-c3ccc4c(c3)c3cc(-c5ccc(-n6c7ccccc7c7ccccc76)cc5)ccc3n4-c3ccccc3)cc1)c1ccccc21. The number of hydrogen-bond donors (Lipinski definition) is 0. The van der Waals surface area contributed by atoms with E-state index in [0.29, 0.717) is 5.92 Å². The molecule has 0 radical (unpaired) electrons. The van der Waals surface area contributed by atoms with E-state index < -0.39 is 0 Å². The molecular weight excluding hydrogens is 703 g/mol. The predicted molar refractivity (Wildman–Crippen MR) is 245 cm³/mol. The van der Waals surface area contributed by atoms with E-state index in [0.717, 1.165) is 17.8 Å². The summed E-state index contributed by atoms with van der Waals surface area (Å²) in [6.45, 7) is 2.35. The van der Waals surface area contributed by atoms with Gasteiger partial charge in [0.25, 0.3) is 0 Å². The van der Waals surface area contributed by atoms with E-state index in [1.54, 1.807) is 0 Å². The van der Waals surface area contributed by atoms with Gasteiger partial charge in [-0.15, -0.1) is 0 Å². The fourth-order valence-electron chi connectivity index (χ4n) is 9.77. The first-order valence-electron chi connectivity index (χ1n) is 20.3. The zero-order valence-electron chi connectivity index (χ0n) is 32.2. The lowest BCUT2D eigenvalue weighted by atomic mass is 9.93.